The lowest BCUT2D eigenvalue weighted by Crippen LogP contribution is -2.08. The summed E-state index contributed by atoms with van der Waals surface area (Å²) in [4.78, 5) is 29.9. The van der Waals surface area contributed by atoms with E-state index in [1.807, 2.05) is 0 Å². The molecule has 0 saturated heterocycles. The van der Waals surface area contributed by atoms with Crippen LogP contribution in [0.15, 0.2) is 71.4 Å². The summed E-state index contributed by atoms with van der Waals surface area (Å²) in [5.74, 6) is -0.493. The molecule has 0 unspecified atom stereocenters. The van der Waals surface area contributed by atoms with Crippen LogP contribution in [0.1, 0.15) is 27.7 Å². The van der Waals surface area contributed by atoms with Gasteiger partial charge in [0.1, 0.15) is 4.88 Å². The molecule has 0 atom stereocenters. The fourth-order valence-corrected chi connectivity index (χ4v) is 5.35. The number of hydrogen-bond acceptors (Lipinski definition) is 7. The maximum absolute atomic E-state index is 13.0. The van der Waals surface area contributed by atoms with Crippen molar-refractivity contribution in [3.63, 3.8) is 0 Å². The van der Waals surface area contributed by atoms with Gasteiger partial charge in [0.05, 0.1) is 11.6 Å². The molecule has 0 aliphatic carbocycles. The third-order valence-corrected chi connectivity index (χ3v) is 7.39. The largest absolute Gasteiger partial charge is 0.490 e. The van der Waals surface area contributed by atoms with Gasteiger partial charge in [-0.15, -0.1) is 11.3 Å². The summed E-state index contributed by atoms with van der Waals surface area (Å²) in [6.07, 6.45) is 1.56. The van der Waals surface area contributed by atoms with Crippen LogP contribution >= 0.6 is 46.1 Å². The molecule has 0 radical (unpaired) electrons. The lowest BCUT2D eigenvalue weighted by Gasteiger charge is -2.11. The van der Waals surface area contributed by atoms with Crippen molar-refractivity contribution in [1.82, 2.24) is 0 Å². The predicted molar refractivity (Wildman–Crippen MR) is 146 cm³/mol. The Morgan fingerprint density at radius 1 is 1.00 bits per heavy atom. The fourth-order valence-electron chi connectivity index (χ4n) is 3.57. The number of hydrogen-bond donors (Lipinski definition) is 0. The number of carbonyl (C=O) groups excluding carboxylic acids is 2. The molecule has 4 aromatic rings. The number of rotatable bonds is 6. The molecule has 1 aliphatic rings. The van der Waals surface area contributed by atoms with Gasteiger partial charge in [-0.25, -0.2) is 14.6 Å². The minimum atomic E-state index is -0.619. The minimum absolute atomic E-state index is 0.118. The maximum Gasteiger partial charge on any atom is 0.363 e. The van der Waals surface area contributed by atoms with Crippen LogP contribution in [0.2, 0.25) is 15.1 Å². The highest BCUT2D eigenvalue weighted by Crippen LogP contribution is 2.38. The van der Waals surface area contributed by atoms with Crippen LogP contribution < -0.4 is 9.47 Å². The Morgan fingerprint density at radius 3 is 2.51 bits per heavy atom. The van der Waals surface area contributed by atoms with Crippen molar-refractivity contribution in [3.8, 4) is 11.5 Å². The van der Waals surface area contributed by atoms with Crippen molar-refractivity contribution in [2.75, 3.05) is 6.61 Å². The Balaban J connectivity index is 1.41. The van der Waals surface area contributed by atoms with Gasteiger partial charge in [-0.05, 0) is 67.1 Å². The van der Waals surface area contributed by atoms with E-state index in [1.54, 1.807) is 73.7 Å². The van der Waals surface area contributed by atoms with Crippen molar-refractivity contribution < 1.29 is 23.8 Å². The van der Waals surface area contributed by atoms with Gasteiger partial charge in [0, 0.05) is 25.7 Å². The van der Waals surface area contributed by atoms with Crippen LogP contribution in [0.4, 0.5) is 0 Å². The third kappa shape index (κ3) is 5.36. The molecular formula is C27H16Cl3NO5S. The predicted octanol–water partition coefficient (Wildman–Crippen LogP) is 7.82. The number of ether oxygens (including phenoxy) is 3. The average molecular weight is 573 g/mol. The average Bonchev–Trinajstić information content (AvgIpc) is 3.40. The van der Waals surface area contributed by atoms with Gasteiger partial charge in [-0.2, -0.15) is 0 Å². The number of fused-ring (bicyclic) bond motifs is 1. The molecule has 0 fully saturated rings. The number of cyclic esters (lactones) is 1. The molecule has 1 aromatic heterocycles. The molecule has 0 spiro atoms. The zero-order valence-corrected chi connectivity index (χ0v) is 22.2. The first-order valence-corrected chi connectivity index (χ1v) is 12.9. The summed E-state index contributed by atoms with van der Waals surface area (Å²) in [5.41, 5.74) is 1.35. The second-order valence-corrected chi connectivity index (χ2v) is 10.1. The highest BCUT2D eigenvalue weighted by molar-refractivity contribution is 7.21. The second-order valence-electron chi connectivity index (χ2n) is 7.76. The summed E-state index contributed by atoms with van der Waals surface area (Å²) in [5, 5.41) is 2.13. The summed E-state index contributed by atoms with van der Waals surface area (Å²) < 4.78 is 17.4. The van der Waals surface area contributed by atoms with Crippen LogP contribution in [0.5, 0.6) is 11.5 Å². The smallest absolute Gasteiger partial charge is 0.363 e. The van der Waals surface area contributed by atoms with Crippen molar-refractivity contribution in [2.24, 2.45) is 4.99 Å². The van der Waals surface area contributed by atoms with E-state index < -0.39 is 11.9 Å². The summed E-state index contributed by atoms with van der Waals surface area (Å²) >= 11 is 19.6. The Morgan fingerprint density at radius 2 is 1.76 bits per heavy atom. The van der Waals surface area contributed by atoms with Gasteiger partial charge in [0.2, 0.25) is 5.90 Å². The number of benzene rings is 3. The molecular weight excluding hydrogens is 557 g/mol. The lowest BCUT2D eigenvalue weighted by molar-refractivity contribution is -0.129. The summed E-state index contributed by atoms with van der Waals surface area (Å²) in [6.45, 7) is 2.13. The molecule has 2 heterocycles. The van der Waals surface area contributed by atoms with Crippen molar-refractivity contribution in [2.45, 2.75) is 6.92 Å². The van der Waals surface area contributed by atoms with Crippen LogP contribution in [0.3, 0.4) is 0 Å². The van der Waals surface area contributed by atoms with Gasteiger partial charge in [-0.3, -0.25) is 0 Å². The zero-order valence-electron chi connectivity index (χ0n) is 19.1. The standard InChI is InChI=1S/C27H16Cl3NO5S/c1-2-34-21-12-14(11-19-26(32)36-25(31-19)15-4-6-16(28)7-5-15)3-10-20(21)35-27(33)24-23(30)18-9-8-17(29)13-22(18)37-24/h3-13H,2H2,1H3/b19-11+. The molecule has 0 bridgehead atoms. The highest BCUT2D eigenvalue weighted by Gasteiger charge is 2.25. The van der Waals surface area contributed by atoms with Gasteiger partial charge in [0.25, 0.3) is 0 Å². The lowest BCUT2D eigenvalue weighted by atomic mass is 10.1. The third-order valence-electron chi connectivity index (χ3n) is 5.26. The molecule has 0 saturated carbocycles. The van der Waals surface area contributed by atoms with E-state index >= 15 is 0 Å². The molecule has 6 nitrogen and oxygen atoms in total. The number of thiophene rings is 1. The maximum atomic E-state index is 13.0. The van der Waals surface area contributed by atoms with E-state index in [2.05, 4.69) is 4.99 Å². The Labute approximate surface area is 230 Å². The summed E-state index contributed by atoms with van der Waals surface area (Å²) in [6, 6.07) is 16.9. The van der Waals surface area contributed by atoms with Crippen molar-refractivity contribution >= 4 is 80.1 Å². The first kappa shape index (κ1) is 25.3. The first-order valence-electron chi connectivity index (χ1n) is 11.0. The molecule has 10 heteroatoms. The van der Waals surface area contributed by atoms with Crippen LogP contribution in [-0.4, -0.2) is 24.4 Å². The topological polar surface area (TPSA) is 74.2 Å². The Hall–Kier alpha value is -3.36. The van der Waals surface area contributed by atoms with Gasteiger partial charge in [-0.1, -0.05) is 46.9 Å². The molecule has 3 aromatic carbocycles. The molecule has 186 valence electrons. The minimum Gasteiger partial charge on any atom is -0.490 e. The fraction of sp³-hybridized carbons (Fsp3) is 0.0741. The van der Waals surface area contributed by atoms with Crippen LogP contribution in [0, 0.1) is 0 Å². The molecule has 1 aliphatic heterocycles. The normalized spacial score (nSPS) is 14.1. The van der Waals surface area contributed by atoms with Crippen molar-refractivity contribution in [1.29, 1.82) is 0 Å². The van der Waals surface area contributed by atoms with E-state index in [0.717, 1.165) is 10.1 Å². The Bertz CT molecular complexity index is 1610. The van der Waals surface area contributed by atoms with E-state index in [9.17, 15) is 9.59 Å². The van der Waals surface area contributed by atoms with Gasteiger partial charge >= 0.3 is 11.9 Å². The summed E-state index contributed by atoms with van der Waals surface area (Å²) in [7, 11) is 0. The SMILES string of the molecule is CCOc1cc(/C=C2/N=C(c3ccc(Cl)cc3)OC2=O)ccc1OC(=O)c1sc2cc(Cl)ccc2c1Cl. The number of nitrogens with zero attached hydrogens (tertiary/aromatic N) is 1. The highest BCUT2D eigenvalue weighted by atomic mass is 35.5. The number of aliphatic imine (C=N–C) groups is 1. The molecule has 37 heavy (non-hydrogen) atoms. The van der Waals surface area contributed by atoms with E-state index in [1.165, 1.54) is 11.3 Å². The second kappa shape index (κ2) is 10.6. The quantitative estimate of drug-likeness (QED) is 0.134. The van der Waals surface area contributed by atoms with E-state index in [0.29, 0.717) is 38.6 Å². The molecule has 0 amide bonds. The van der Waals surface area contributed by atoms with Gasteiger partial charge in [0.15, 0.2) is 17.2 Å². The molecule has 0 N–H and O–H groups in total. The first-order chi connectivity index (χ1) is 17.8. The number of carbonyl (C=O) groups is 2. The molecule has 5 rings (SSSR count). The van der Waals surface area contributed by atoms with E-state index in [-0.39, 0.29) is 22.2 Å². The Kier molecular flexibility index (Phi) is 7.22. The van der Waals surface area contributed by atoms with Crippen molar-refractivity contribution in [3.05, 3.63) is 97.4 Å². The number of esters is 2. The number of halogens is 3. The van der Waals surface area contributed by atoms with E-state index in [4.69, 9.17) is 49.0 Å². The van der Waals surface area contributed by atoms with Crippen LogP contribution in [-0.2, 0) is 9.53 Å². The van der Waals surface area contributed by atoms with Crippen LogP contribution in [0.25, 0.3) is 16.2 Å². The van der Waals surface area contributed by atoms with Gasteiger partial charge < -0.3 is 14.2 Å². The zero-order chi connectivity index (χ0) is 26.1. The monoisotopic (exact) mass is 571 g/mol.